The van der Waals surface area contributed by atoms with Crippen molar-refractivity contribution in [3.05, 3.63) is 205 Å². The summed E-state index contributed by atoms with van der Waals surface area (Å²) in [6.45, 7) is 4.65. The van der Waals surface area contributed by atoms with Crippen molar-refractivity contribution in [2.24, 2.45) is 0 Å². The van der Waals surface area contributed by atoms with Gasteiger partial charge in [0.05, 0.1) is 11.4 Å². The zero-order valence-corrected chi connectivity index (χ0v) is 32.3. The molecule has 0 saturated carbocycles. The Morgan fingerprint density at radius 3 is 1.71 bits per heavy atom. The van der Waals surface area contributed by atoms with Crippen LogP contribution in [0.15, 0.2) is 199 Å². The van der Waals surface area contributed by atoms with E-state index in [2.05, 4.69) is 196 Å². The Kier molecular flexibility index (Phi) is 7.84. The minimum absolute atomic E-state index is 0.134. The number of benzene rings is 8. The first-order valence-electron chi connectivity index (χ1n) is 19.9. The van der Waals surface area contributed by atoms with E-state index >= 15 is 0 Å². The van der Waals surface area contributed by atoms with E-state index in [9.17, 15) is 0 Å². The first-order chi connectivity index (χ1) is 28.5. The molecule has 11 rings (SSSR count). The Bertz CT molecular complexity index is 3190. The molecule has 1 aliphatic rings. The van der Waals surface area contributed by atoms with Gasteiger partial charge in [-0.1, -0.05) is 153 Å². The van der Waals surface area contributed by atoms with Crippen molar-refractivity contribution in [3.8, 4) is 78.4 Å². The predicted molar refractivity (Wildman–Crippen MR) is 239 cm³/mol. The Hall–Kier alpha value is -7.36. The second-order valence-corrected chi connectivity index (χ2v) is 15.8. The van der Waals surface area contributed by atoms with Crippen LogP contribution in [0.2, 0.25) is 0 Å². The third kappa shape index (κ3) is 5.74. The minimum Gasteiger partial charge on any atom is -0.456 e. The fourth-order valence-corrected chi connectivity index (χ4v) is 8.85. The van der Waals surface area contributed by atoms with Crippen molar-refractivity contribution in [1.82, 2.24) is 9.97 Å². The fraction of sp³-hybridized carbons (Fsp3) is 0.0545. The molecule has 2 heterocycles. The molecule has 10 aromatic rings. The molecule has 3 heteroatoms. The second kappa shape index (κ2) is 13.4. The normalized spacial score (nSPS) is 12.8. The lowest BCUT2D eigenvalue weighted by molar-refractivity contribution is 0.660. The van der Waals surface area contributed by atoms with Gasteiger partial charge in [0.1, 0.15) is 11.2 Å². The number of hydrogen-bond donors (Lipinski definition) is 0. The third-order valence-electron chi connectivity index (χ3n) is 11.9. The maximum Gasteiger partial charge on any atom is 0.160 e. The zero-order valence-electron chi connectivity index (χ0n) is 32.3. The average molecular weight is 743 g/mol. The molecule has 1 aliphatic carbocycles. The highest BCUT2D eigenvalue weighted by Crippen LogP contribution is 2.49. The van der Waals surface area contributed by atoms with Crippen LogP contribution in [0.25, 0.3) is 100 Å². The summed E-state index contributed by atoms with van der Waals surface area (Å²) in [5, 5.41) is 2.22. The van der Waals surface area contributed by atoms with Gasteiger partial charge in [-0.2, -0.15) is 0 Å². The standard InChI is InChI=1S/C55H38N2O/c1-55(2)48-22-11-9-20-44(48)45-26-24-39(33-49(45)55)50-34-51(57-54(56-50)40-19-13-18-37(28-40)35-14-5-3-6-15-35)43-30-41(36-16-7-4-8-17-36)29-42(31-43)38-25-27-53-47(32-38)46-21-10-12-23-52(46)58-53/h3-34H,1-2H3. The van der Waals surface area contributed by atoms with Crippen molar-refractivity contribution < 1.29 is 4.42 Å². The smallest absolute Gasteiger partial charge is 0.160 e. The number of nitrogens with zero attached hydrogens (tertiary/aromatic N) is 2. The van der Waals surface area contributed by atoms with Crippen molar-refractivity contribution in [2.45, 2.75) is 19.3 Å². The molecular formula is C55H38N2O. The van der Waals surface area contributed by atoms with Gasteiger partial charge in [-0.3, -0.25) is 0 Å². The molecule has 0 bridgehead atoms. The van der Waals surface area contributed by atoms with E-state index in [1.165, 1.54) is 22.3 Å². The average Bonchev–Trinajstić information content (AvgIpc) is 3.77. The molecule has 0 fully saturated rings. The number of fused-ring (bicyclic) bond motifs is 6. The molecule has 3 nitrogen and oxygen atoms in total. The Morgan fingerprint density at radius 1 is 0.345 bits per heavy atom. The Labute approximate surface area is 338 Å². The lowest BCUT2D eigenvalue weighted by Crippen LogP contribution is -2.14. The maximum absolute atomic E-state index is 6.22. The van der Waals surface area contributed by atoms with Gasteiger partial charge in [0, 0.05) is 32.9 Å². The first-order valence-corrected chi connectivity index (χ1v) is 19.9. The van der Waals surface area contributed by atoms with Gasteiger partial charge >= 0.3 is 0 Å². The Balaban J connectivity index is 1.12. The molecule has 2 aromatic heterocycles. The van der Waals surface area contributed by atoms with Gasteiger partial charge < -0.3 is 4.42 Å². The van der Waals surface area contributed by atoms with Crippen LogP contribution >= 0.6 is 0 Å². The second-order valence-electron chi connectivity index (χ2n) is 15.8. The van der Waals surface area contributed by atoms with E-state index in [1.807, 2.05) is 12.1 Å². The van der Waals surface area contributed by atoms with Crippen molar-refractivity contribution in [3.63, 3.8) is 0 Å². The number of furan rings is 1. The van der Waals surface area contributed by atoms with Gasteiger partial charge in [-0.25, -0.2) is 9.97 Å². The quantitative estimate of drug-likeness (QED) is 0.170. The van der Waals surface area contributed by atoms with Crippen LogP contribution in [0.5, 0.6) is 0 Å². The van der Waals surface area contributed by atoms with Gasteiger partial charge in [-0.05, 0) is 110 Å². The number of para-hydroxylation sites is 1. The summed E-state index contributed by atoms with van der Waals surface area (Å²) >= 11 is 0. The van der Waals surface area contributed by atoms with Crippen molar-refractivity contribution in [2.75, 3.05) is 0 Å². The number of hydrogen-bond acceptors (Lipinski definition) is 3. The van der Waals surface area contributed by atoms with Gasteiger partial charge in [-0.15, -0.1) is 0 Å². The van der Waals surface area contributed by atoms with E-state index in [0.29, 0.717) is 5.82 Å². The molecule has 0 amide bonds. The molecule has 0 N–H and O–H groups in total. The maximum atomic E-state index is 6.22. The van der Waals surface area contributed by atoms with E-state index in [0.717, 1.165) is 83.4 Å². The molecular weight excluding hydrogens is 705 g/mol. The van der Waals surface area contributed by atoms with Crippen LogP contribution < -0.4 is 0 Å². The first kappa shape index (κ1) is 33.9. The summed E-state index contributed by atoms with van der Waals surface area (Å²) in [6.07, 6.45) is 0. The molecule has 0 saturated heterocycles. The largest absolute Gasteiger partial charge is 0.456 e. The topological polar surface area (TPSA) is 38.9 Å². The van der Waals surface area contributed by atoms with Crippen molar-refractivity contribution in [1.29, 1.82) is 0 Å². The summed E-state index contributed by atoms with van der Waals surface area (Å²) < 4.78 is 6.22. The molecule has 0 aliphatic heterocycles. The highest BCUT2D eigenvalue weighted by Gasteiger charge is 2.35. The van der Waals surface area contributed by atoms with Crippen LogP contribution in [0.4, 0.5) is 0 Å². The predicted octanol–water partition coefficient (Wildman–Crippen LogP) is 14.7. The van der Waals surface area contributed by atoms with Crippen LogP contribution in [0.1, 0.15) is 25.0 Å². The molecule has 8 aromatic carbocycles. The highest BCUT2D eigenvalue weighted by molar-refractivity contribution is 6.06. The molecule has 58 heavy (non-hydrogen) atoms. The minimum atomic E-state index is -0.134. The van der Waals surface area contributed by atoms with Crippen LogP contribution in [0.3, 0.4) is 0 Å². The van der Waals surface area contributed by atoms with Crippen LogP contribution in [-0.2, 0) is 5.41 Å². The zero-order chi connectivity index (χ0) is 38.8. The van der Waals surface area contributed by atoms with E-state index in [1.54, 1.807) is 0 Å². The van der Waals surface area contributed by atoms with Gasteiger partial charge in [0.2, 0.25) is 0 Å². The molecule has 0 spiro atoms. The van der Waals surface area contributed by atoms with E-state index in [4.69, 9.17) is 14.4 Å². The number of aromatic nitrogens is 2. The lowest BCUT2D eigenvalue weighted by Gasteiger charge is -2.22. The molecule has 0 unspecified atom stereocenters. The summed E-state index contributed by atoms with van der Waals surface area (Å²) in [5.74, 6) is 0.686. The fourth-order valence-electron chi connectivity index (χ4n) is 8.85. The van der Waals surface area contributed by atoms with Gasteiger partial charge in [0.15, 0.2) is 5.82 Å². The summed E-state index contributed by atoms with van der Waals surface area (Å²) in [5.41, 5.74) is 18.5. The summed E-state index contributed by atoms with van der Waals surface area (Å²) in [4.78, 5) is 10.7. The third-order valence-corrected chi connectivity index (χ3v) is 11.9. The summed E-state index contributed by atoms with van der Waals surface area (Å²) in [6, 6.07) is 69.1. The molecule has 274 valence electrons. The molecule has 0 radical (unpaired) electrons. The Morgan fingerprint density at radius 2 is 0.897 bits per heavy atom. The van der Waals surface area contributed by atoms with Gasteiger partial charge in [0.25, 0.3) is 0 Å². The lowest BCUT2D eigenvalue weighted by atomic mass is 9.82. The number of rotatable bonds is 6. The van der Waals surface area contributed by atoms with Crippen LogP contribution in [0, 0.1) is 0 Å². The molecule has 0 atom stereocenters. The van der Waals surface area contributed by atoms with E-state index < -0.39 is 0 Å². The summed E-state index contributed by atoms with van der Waals surface area (Å²) in [7, 11) is 0. The highest BCUT2D eigenvalue weighted by atomic mass is 16.3. The monoisotopic (exact) mass is 742 g/mol. The van der Waals surface area contributed by atoms with Crippen molar-refractivity contribution >= 4 is 21.9 Å². The SMILES string of the molecule is CC1(C)c2ccccc2-c2ccc(-c3cc(-c4cc(-c5ccccc5)cc(-c5ccc6oc7ccccc7c6c5)c4)nc(-c4cccc(-c5ccccc5)c4)n3)cc21. The van der Waals surface area contributed by atoms with E-state index in [-0.39, 0.29) is 5.41 Å². The van der Waals surface area contributed by atoms with Crippen LogP contribution in [-0.4, -0.2) is 9.97 Å².